The zero-order chi connectivity index (χ0) is 27.0. The van der Waals surface area contributed by atoms with Gasteiger partial charge < -0.3 is 20.1 Å². The lowest BCUT2D eigenvalue weighted by Crippen LogP contribution is -2.23. The van der Waals surface area contributed by atoms with E-state index < -0.39 is 41.8 Å². The molecule has 0 aliphatic rings. The Hall–Kier alpha value is -4.34. The molecule has 0 fully saturated rings. The van der Waals surface area contributed by atoms with E-state index in [1.807, 2.05) is 32.0 Å². The third-order valence-electron chi connectivity index (χ3n) is 5.19. The molecule has 0 bridgehead atoms. The van der Waals surface area contributed by atoms with Gasteiger partial charge in [0.25, 0.3) is 5.91 Å². The van der Waals surface area contributed by atoms with Gasteiger partial charge in [-0.15, -0.1) is 0 Å². The number of rotatable bonds is 9. The van der Waals surface area contributed by atoms with E-state index in [0.29, 0.717) is 11.4 Å². The minimum atomic E-state index is -4.65. The molecule has 2 amide bonds. The van der Waals surface area contributed by atoms with Crippen LogP contribution in [0.5, 0.6) is 11.5 Å². The molecule has 3 aromatic carbocycles. The molecule has 10 heteroatoms. The number of alkyl halides is 3. The van der Waals surface area contributed by atoms with Crippen LogP contribution in [0.2, 0.25) is 0 Å². The number of hydrogen-bond donors (Lipinski definition) is 2. The number of benzene rings is 3. The van der Waals surface area contributed by atoms with Crippen molar-refractivity contribution >= 4 is 29.2 Å². The molecule has 0 saturated heterocycles. The average Bonchev–Trinajstić information content (AvgIpc) is 2.84. The third kappa shape index (κ3) is 8.09. The van der Waals surface area contributed by atoms with E-state index in [0.717, 1.165) is 29.0 Å². The van der Waals surface area contributed by atoms with Crippen LogP contribution in [-0.2, 0) is 25.3 Å². The maximum Gasteiger partial charge on any atom is 0.418 e. The molecule has 0 unspecified atom stereocenters. The first-order valence-electron chi connectivity index (χ1n) is 11.3. The first kappa shape index (κ1) is 27.3. The summed E-state index contributed by atoms with van der Waals surface area (Å²) >= 11 is 0. The van der Waals surface area contributed by atoms with Gasteiger partial charge in [0, 0.05) is 12.1 Å². The quantitative estimate of drug-likeness (QED) is 0.341. The van der Waals surface area contributed by atoms with Crippen LogP contribution in [0, 0.1) is 13.8 Å². The normalized spacial score (nSPS) is 10.9. The fourth-order valence-electron chi connectivity index (χ4n) is 3.37. The second kappa shape index (κ2) is 12.1. The molecule has 0 radical (unpaired) electrons. The van der Waals surface area contributed by atoms with Crippen LogP contribution in [0.1, 0.15) is 29.5 Å². The Morgan fingerprint density at radius 2 is 1.43 bits per heavy atom. The third-order valence-corrected chi connectivity index (χ3v) is 5.19. The van der Waals surface area contributed by atoms with Crippen LogP contribution in [0.15, 0.2) is 66.7 Å². The van der Waals surface area contributed by atoms with Crippen LogP contribution < -0.4 is 15.4 Å². The lowest BCUT2D eigenvalue weighted by atomic mass is 10.1. The van der Waals surface area contributed by atoms with Crippen LogP contribution >= 0.6 is 0 Å². The molecular formula is C27H25F3N2O5. The van der Waals surface area contributed by atoms with Crippen LogP contribution in [0.3, 0.4) is 0 Å². The minimum Gasteiger partial charge on any atom is -0.457 e. The van der Waals surface area contributed by atoms with Gasteiger partial charge in [-0.3, -0.25) is 14.4 Å². The highest BCUT2D eigenvalue weighted by Crippen LogP contribution is 2.34. The van der Waals surface area contributed by atoms with Crippen LogP contribution in [0.4, 0.5) is 24.5 Å². The molecule has 0 atom stereocenters. The Morgan fingerprint density at radius 1 is 0.784 bits per heavy atom. The number of anilines is 2. The maximum atomic E-state index is 13.0. The Bertz CT molecular complexity index is 1250. The lowest BCUT2D eigenvalue weighted by Gasteiger charge is -2.13. The monoisotopic (exact) mass is 514 g/mol. The zero-order valence-electron chi connectivity index (χ0n) is 20.1. The number of carbonyl (C=O) groups excluding carboxylic acids is 3. The SMILES string of the molecule is Cc1cccc(C)c1Oc1ccc(NC(=O)CCC(=O)OCC(=O)Nc2ccccc2C(F)(F)F)cc1. The van der Waals surface area contributed by atoms with Crippen molar-refractivity contribution in [1.29, 1.82) is 0 Å². The lowest BCUT2D eigenvalue weighted by molar-refractivity contribution is -0.148. The predicted molar refractivity (Wildman–Crippen MR) is 131 cm³/mol. The van der Waals surface area contributed by atoms with E-state index in [1.165, 1.54) is 12.1 Å². The molecule has 2 N–H and O–H groups in total. The molecular weight excluding hydrogens is 489 g/mol. The molecule has 3 rings (SSSR count). The zero-order valence-corrected chi connectivity index (χ0v) is 20.1. The molecule has 0 heterocycles. The van der Waals surface area contributed by atoms with Gasteiger partial charge in [0.1, 0.15) is 11.5 Å². The number of para-hydroxylation sites is 2. The van der Waals surface area contributed by atoms with Gasteiger partial charge in [0.05, 0.1) is 17.7 Å². The molecule has 0 spiro atoms. The highest BCUT2D eigenvalue weighted by atomic mass is 19.4. The van der Waals surface area contributed by atoms with Crippen molar-refractivity contribution in [2.45, 2.75) is 32.9 Å². The predicted octanol–water partition coefficient (Wildman–Crippen LogP) is 6.02. The fraction of sp³-hybridized carbons (Fsp3) is 0.222. The standard InChI is InChI=1S/C27H25F3N2O5/c1-17-6-5-7-18(2)26(17)37-20-12-10-19(11-13-20)31-23(33)14-15-25(35)36-16-24(34)32-22-9-4-3-8-21(22)27(28,29)30/h3-13H,14-16H2,1-2H3,(H,31,33)(H,32,34). The summed E-state index contributed by atoms with van der Waals surface area (Å²) in [5.74, 6) is -0.875. The van der Waals surface area contributed by atoms with Gasteiger partial charge in [-0.05, 0) is 61.4 Å². The summed E-state index contributed by atoms with van der Waals surface area (Å²) in [6.07, 6.45) is -5.18. The Morgan fingerprint density at radius 3 is 2.08 bits per heavy atom. The number of nitrogens with one attached hydrogen (secondary N) is 2. The van der Waals surface area contributed by atoms with Crippen molar-refractivity contribution in [1.82, 2.24) is 0 Å². The summed E-state index contributed by atoms with van der Waals surface area (Å²) in [7, 11) is 0. The minimum absolute atomic E-state index is 0.210. The van der Waals surface area contributed by atoms with Crippen molar-refractivity contribution in [3.8, 4) is 11.5 Å². The van der Waals surface area contributed by atoms with Crippen molar-refractivity contribution in [2.75, 3.05) is 17.2 Å². The van der Waals surface area contributed by atoms with Crippen molar-refractivity contribution in [3.05, 3.63) is 83.4 Å². The Labute approximate surface area is 211 Å². The number of hydrogen-bond acceptors (Lipinski definition) is 5. The smallest absolute Gasteiger partial charge is 0.418 e. The second-order valence-corrected chi connectivity index (χ2v) is 8.15. The number of carbonyl (C=O) groups is 3. The summed E-state index contributed by atoms with van der Waals surface area (Å²) in [4.78, 5) is 35.9. The van der Waals surface area contributed by atoms with Crippen LogP contribution in [-0.4, -0.2) is 24.4 Å². The van der Waals surface area contributed by atoms with E-state index in [9.17, 15) is 27.6 Å². The van der Waals surface area contributed by atoms with Gasteiger partial charge in [0.15, 0.2) is 6.61 Å². The van der Waals surface area contributed by atoms with Crippen LogP contribution in [0.25, 0.3) is 0 Å². The van der Waals surface area contributed by atoms with E-state index in [4.69, 9.17) is 9.47 Å². The molecule has 0 aromatic heterocycles. The second-order valence-electron chi connectivity index (χ2n) is 8.15. The van der Waals surface area contributed by atoms with Gasteiger partial charge in [-0.25, -0.2) is 0 Å². The topological polar surface area (TPSA) is 93.7 Å². The maximum absolute atomic E-state index is 13.0. The fourth-order valence-corrected chi connectivity index (χ4v) is 3.37. The summed E-state index contributed by atoms with van der Waals surface area (Å²) < 4.78 is 49.7. The molecule has 37 heavy (non-hydrogen) atoms. The molecule has 3 aromatic rings. The largest absolute Gasteiger partial charge is 0.457 e. The van der Waals surface area contributed by atoms with Crippen molar-refractivity contribution < 1.29 is 37.0 Å². The van der Waals surface area contributed by atoms with Gasteiger partial charge in [-0.2, -0.15) is 13.2 Å². The number of halogens is 3. The number of aryl methyl sites for hydroxylation is 2. The van der Waals surface area contributed by atoms with Gasteiger partial charge in [0.2, 0.25) is 5.91 Å². The van der Waals surface area contributed by atoms with Gasteiger partial charge in [-0.1, -0.05) is 30.3 Å². The number of amides is 2. The summed E-state index contributed by atoms with van der Waals surface area (Å²) in [5, 5.41) is 4.71. The van der Waals surface area contributed by atoms with E-state index in [-0.39, 0.29) is 12.8 Å². The highest BCUT2D eigenvalue weighted by molar-refractivity contribution is 5.95. The average molecular weight is 515 g/mol. The molecule has 0 saturated carbocycles. The van der Waals surface area contributed by atoms with E-state index in [2.05, 4.69) is 10.6 Å². The summed E-state index contributed by atoms with van der Waals surface area (Å²) in [6.45, 7) is 3.11. The summed E-state index contributed by atoms with van der Waals surface area (Å²) in [6, 6.07) is 17.0. The van der Waals surface area contributed by atoms with E-state index >= 15 is 0 Å². The van der Waals surface area contributed by atoms with E-state index in [1.54, 1.807) is 24.3 Å². The van der Waals surface area contributed by atoms with Crippen molar-refractivity contribution in [2.24, 2.45) is 0 Å². The first-order chi connectivity index (χ1) is 17.5. The Kier molecular flexibility index (Phi) is 8.89. The number of ether oxygens (including phenoxy) is 2. The molecule has 194 valence electrons. The molecule has 0 aliphatic heterocycles. The van der Waals surface area contributed by atoms with Crippen molar-refractivity contribution in [3.63, 3.8) is 0 Å². The van der Waals surface area contributed by atoms with Gasteiger partial charge >= 0.3 is 12.1 Å². The molecule has 0 aliphatic carbocycles. The summed E-state index contributed by atoms with van der Waals surface area (Å²) in [5.41, 5.74) is 1.02. The molecule has 7 nitrogen and oxygen atoms in total. The number of esters is 1. The Balaban J connectivity index is 1.42. The highest BCUT2D eigenvalue weighted by Gasteiger charge is 2.33. The first-order valence-corrected chi connectivity index (χ1v) is 11.3.